The molecule has 2 N–H and O–H groups in total. The molecule has 8 heteroatoms. The molecule has 0 fully saturated rings. The van der Waals surface area contributed by atoms with Gasteiger partial charge in [0.2, 0.25) is 0 Å². The number of hydrogen-bond donors (Lipinski definition) is 1. The molecule has 0 saturated heterocycles. The zero-order valence-corrected chi connectivity index (χ0v) is 14.7. The molecular formula is C17H18ClN3O4. The molecule has 1 unspecified atom stereocenters. The van der Waals surface area contributed by atoms with Gasteiger partial charge in [-0.25, -0.2) is 4.79 Å². The third-order valence-electron chi connectivity index (χ3n) is 4.14. The van der Waals surface area contributed by atoms with Gasteiger partial charge in [-0.15, -0.1) is 0 Å². The van der Waals surface area contributed by atoms with Gasteiger partial charge in [0.25, 0.3) is 0 Å². The minimum absolute atomic E-state index is 0.0292. The molecule has 0 radical (unpaired) electrons. The maximum atomic E-state index is 12.3. The first-order valence-electron chi connectivity index (χ1n) is 7.85. The summed E-state index contributed by atoms with van der Waals surface area (Å²) in [5, 5.41) is 7.98. The summed E-state index contributed by atoms with van der Waals surface area (Å²) in [5.41, 5.74) is 7.26. The summed E-state index contributed by atoms with van der Waals surface area (Å²) in [4.78, 5) is 17.2. The van der Waals surface area contributed by atoms with Crippen LogP contribution in [-0.4, -0.2) is 24.1 Å². The number of hydrogen-bond acceptors (Lipinski definition) is 6. The lowest BCUT2D eigenvalue weighted by Gasteiger charge is -2.15. The average Bonchev–Trinajstić information content (AvgIpc) is 3.02. The van der Waals surface area contributed by atoms with Crippen molar-refractivity contribution in [3.63, 3.8) is 0 Å². The molecule has 0 saturated carbocycles. The van der Waals surface area contributed by atoms with E-state index in [0.717, 1.165) is 30.6 Å². The number of nitrogens with two attached hydrogens (primary N) is 1. The third kappa shape index (κ3) is 3.61. The summed E-state index contributed by atoms with van der Waals surface area (Å²) in [6.07, 6.45) is 2.50. The van der Waals surface area contributed by atoms with E-state index in [1.807, 2.05) is 0 Å². The van der Waals surface area contributed by atoms with Crippen LogP contribution >= 0.6 is 11.6 Å². The monoisotopic (exact) mass is 363 g/mol. The van der Waals surface area contributed by atoms with Crippen molar-refractivity contribution in [3.05, 3.63) is 45.8 Å². The molecule has 1 aliphatic carbocycles. The molecular weight excluding hydrogens is 346 g/mol. The summed E-state index contributed by atoms with van der Waals surface area (Å²) >= 11 is 5.96. The standard InChI is InChI=1S/C17H18ClN3O4/c1-9-3-5-14-11(7-9)15(20-24-14)17(22)25-21-16(19)12-8-10(18)4-6-13(12)23-2/h4,6,8-9H,3,5,7H2,1-2H3,(H2,19,21). The fourth-order valence-corrected chi connectivity index (χ4v) is 2.97. The number of benzene rings is 1. The first kappa shape index (κ1) is 17.3. The predicted molar refractivity (Wildman–Crippen MR) is 91.8 cm³/mol. The van der Waals surface area contributed by atoms with Crippen molar-refractivity contribution in [2.24, 2.45) is 16.8 Å². The lowest BCUT2D eigenvalue weighted by molar-refractivity contribution is 0.0503. The van der Waals surface area contributed by atoms with E-state index in [9.17, 15) is 4.79 Å². The van der Waals surface area contributed by atoms with E-state index in [1.54, 1.807) is 18.2 Å². The molecule has 0 bridgehead atoms. The van der Waals surface area contributed by atoms with E-state index >= 15 is 0 Å². The van der Waals surface area contributed by atoms with Gasteiger partial charge in [-0.05, 0) is 37.0 Å². The average molecular weight is 364 g/mol. The molecule has 2 aromatic rings. The van der Waals surface area contributed by atoms with E-state index in [0.29, 0.717) is 22.3 Å². The van der Waals surface area contributed by atoms with Gasteiger partial charge >= 0.3 is 5.97 Å². The van der Waals surface area contributed by atoms with Crippen molar-refractivity contribution < 1.29 is 18.9 Å². The Hall–Kier alpha value is -2.54. The lowest BCUT2D eigenvalue weighted by atomic mass is 9.88. The minimum Gasteiger partial charge on any atom is -0.496 e. The number of nitrogens with zero attached hydrogens (tertiary/aromatic N) is 2. The highest BCUT2D eigenvalue weighted by Gasteiger charge is 2.28. The molecule has 7 nitrogen and oxygen atoms in total. The highest BCUT2D eigenvalue weighted by Crippen LogP contribution is 2.28. The van der Waals surface area contributed by atoms with Crippen LogP contribution in [-0.2, 0) is 17.7 Å². The predicted octanol–water partition coefficient (Wildman–Crippen LogP) is 2.94. The smallest absolute Gasteiger partial charge is 0.387 e. The molecule has 132 valence electrons. The third-order valence-corrected chi connectivity index (χ3v) is 4.38. The molecule has 1 aromatic carbocycles. The molecule has 1 heterocycles. The summed E-state index contributed by atoms with van der Waals surface area (Å²) < 4.78 is 10.4. The van der Waals surface area contributed by atoms with Gasteiger partial charge in [0.15, 0.2) is 11.5 Å². The summed E-state index contributed by atoms with van der Waals surface area (Å²) in [6, 6.07) is 4.88. The number of aryl methyl sites for hydroxylation is 1. The first-order chi connectivity index (χ1) is 12.0. The van der Waals surface area contributed by atoms with Gasteiger partial charge < -0.3 is 19.8 Å². The number of rotatable bonds is 4. The van der Waals surface area contributed by atoms with Crippen molar-refractivity contribution in [2.45, 2.75) is 26.2 Å². The molecule has 3 rings (SSSR count). The van der Waals surface area contributed by atoms with Crippen LogP contribution in [0.25, 0.3) is 0 Å². The molecule has 0 aliphatic heterocycles. The van der Waals surface area contributed by atoms with Crippen LogP contribution in [0.5, 0.6) is 5.75 Å². The second-order valence-corrected chi connectivity index (χ2v) is 6.42. The lowest BCUT2D eigenvalue weighted by Crippen LogP contribution is -2.17. The molecule has 25 heavy (non-hydrogen) atoms. The summed E-state index contributed by atoms with van der Waals surface area (Å²) in [6.45, 7) is 2.12. The van der Waals surface area contributed by atoms with Crippen LogP contribution in [0, 0.1) is 5.92 Å². The Morgan fingerprint density at radius 2 is 2.28 bits per heavy atom. The van der Waals surface area contributed by atoms with Gasteiger partial charge in [-0.2, -0.15) is 0 Å². The van der Waals surface area contributed by atoms with Crippen LogP contribution in [0.3, 0.4) is 0 Å². The highest BCUT2D eigenvalue weighted by atomic mass is 35.5. The second kappa shape index (κ2) is 7.14. The van der Waals surface area contributed by atoms with Crippen LogP contribution in [0.15, 0.2) is 27.9 Å². The number of carbonyl (C=O) groups excluding carboxylic acids is 1. The fourth-order valence-electron chi connectivity index (χ4n) is 2.80. The number of aromatic nitrogens is 1. The molecule has 0 spiro atoms. The Labute approximate surface area is 149 Å². The molecule has 1 atom stereocenters. The Balaban J connectivity index is 1.79. The zero-order valence-electron chi connectivity index (χ0n) is 13.9. The van der Waals surface area contributed by atoms with Gasteiger partial charge in [-0.3, -0.25) is 0 Å². The Kier molecular flexibility index (Phi) is 4.94. The normalized spacial score (nSPS) is 17.1. The van der Waals surface area contributed by atoms with Crippen LogP contribution in [0.1, 0.15) is 40.7 Å². The van der Waals surface area contributed by atoms with Gasteiger partial charge in [0, 0.05) is 17.0 Å². The first-order valence-corrected chi connectivity index (χ1v) is 8.23. The number of ether oxygens (including phenoxy) is 1. The Morgan fingerprint density at radius 3 is 3.04 bits per heavy atom. The topological polar surface area (TPSA) is 99.9 Å². The summed E-state index contributed by atoms with van der Waals surface area (Å²) in [5.74, 6) is 0.928. The van der Waals surface area contributed by atoms with Gasteiger partial charge in [0.1, 0.15) is 11.5 Å². The molecule has 0 amide bonds. The number of methoxy groups -OCH3 is 1. The van der Waals surface area contributed by atoms with E-state index in [2.05, 4.69) is 17.2 Å². The van der Waals surface area contributed by atoms with E-state index < -0.39 is 5.97 Å². The Morgan fingerprint density at radius 1 is 1.48 bits per heavy atom. The highest BCUT2D eigenvalue weighted by molar-refractivity contribution is 6.31. The largest absolute Gasteiger partial charge is 0.496 e. The fraction of sp³-hybridized carbons (Fsp3) is 0.353. The van der Waals surface area contributed by atoms with Crippen molar-refractivity contribution in [3.8, 4) is 5.75 Å². The van der Waals surface area contributed by atoms with Crippen molar-refractivity contribution in [1.82, 2.24) is 5.16 Å². The second-order valence-electron chi connectivity index (χ2n) is 5.98. The van der Waals surface area contributed by atoms with E-state index in [-0.39, 0.29) is 11.5 Å². The van der Waals surface area contributed by atoms with Crippen molar-refractivity contribution >= 4 is 23.4 Å². The van der Waals surface area contributed by atoms with Gasteiger partial charge in [-0.1, -0.05) is 28.8 Å². The Bertz CT molecular complexity index is 831. The number of halogens is 1. The van der Waals surface area contributed by atoms with Gasteiger partial charge in [0.05, 0.1) is 12.7 Å². The number of fused-ring (bicyclic) bond motifs is 1. The number of oxime groups is 1. The minimum atomic E-state index is -0.706. The van der Waals surface area contributed by atoms with E-state index in [4.69, 9.17) is 31.4 Å². The van der Waals surface area contributed by atoms with E-state index in [1.165, 1.54) is 7.11 Å². The zero-order chi connectivity index (χ0) is 18.0. The van der Waals surface area contributed by atoms with Crippen molar-refractivity contribution in [2.75, 3.05) is 7.11 Å². The van der Waals surface area contributed by atoms with Crippen LogP contribution in [0.2, 0.25) is 5.02 Å². The summed E-state index contributed by atoms with van der Waals surface area (Å²) in [7, 11) is 1.49. The van der Waals surface area contributed by atoms with Crippen LogP contribution < -0.4 is 10.5 Å². The molecule has 1 aliphatic rings. The number of carbonyl (C=O) groups is 1. The SMILES string of the molecule is COc1ccc(Cl)cc1/C(N)=N/OC(=O)c1noc2c1CC(C)CC2. The van der Waals surface area contributed by atoms with Crippen molar-refractivity contribution in [1.29, 1.82) is 0 Å². The quantitative estimate of drug-likeness (QED) is 0.388. The number of amidine groups is 1. The molecule has 1 aromatic heterocycles. The van der Waals surface area contributed by atoms with Crippen LogP contribution in [0.4, 0.5) is 0 Å². The maximum absolute atomic E-state index is 12.3. The maximum Gasteiger partial charge on any atom is 0.387 e.